The molecule has 7 nitrogen and oxygen atoms in total. The highest BCUT2D eigenvalue weighted by atomic mass is 16.5. The van der Waals surface area contributed by atoms with Crippen molar-refractivity contribution in [3.05, 3.63) is 101 Å². The molecule has 5 rings (SSSR count). The molecule has 0 unspecified atom stereocenters. The standard InChI is InChI=1S/C28H27N5O2/c1-21-5-10-27-30-25(19-33(27)17-21)20-35-26-4-2-3-24(15-26)28(34)32-13-11-31(12-14-32)18-23-8-6-22(16-29)7-9-23/h2-10,15,17,19H,11-14,18,20H2,1H3. The second-order valence-electron chi connectivity index (χ2n) is 8.90. The maximum absolute atomic E-state index is 13.1. The molecule has 1 saturated heterocycles. The van der Waals surface area contributed by atoms with Crippen LogP contribution in [0.5, 0.6) is 5.75 Å². The van der Waals surface area contributed by atoms with Crippen LogP contribution in [0.25, 0.3) is 5.65 Å². The SMILES string of the molecule is Cc1ccc2nc(COc3cccc(C(=O)N4CCN(Cc5ccc(C#N)cc5)CC4)c3)cn2c1. The maximum atomic E-state index is 13.1. The fourth-order valence-corrected chi connectivity index (χ4v) is 4.34. The highest BCUT2D eigenvalue weighted by Crippen LogP contribution is 2.18. The van der Waals surface area contributed by atoms with Gasteiger partial charge in [-0.15, -0.1) is 0 Å². The Kier molecular flexibility index (Phi) is 6.47. The van der Waals surface area contributed by atoms with E-state index in [-0.39, 0.29) is 5.91 Å². The van der Waals surface area contributed by atoms with Gasteiger partial charge in [-0.3, -0.25) is 9.69 Å². The number of nitrogens with zero attached hydrogens (tertiary/aromatic N) is 5. The number of hydrogen-bond acceptors (Lipinski definition) is 5. The van der Waals surface area contributed by atoms with E-state index in [0.29, 0.717) is 36.6 Å². The van der Waals surface area contributed by atoms with Crippen LogP contribution in [-0.4, -0.2) is 51.3 Å². The summed E-state index contributed by atoms with van der Waals surface area (Å²) in [5, 5.41) is 8.95. The number of carbonyl (C=O) groups is 1. The smallest absolute Gasteiger partial charge is 0.254 e. The van der Waals surface area contributed by atoms with Crippen molar-refractivity contribution < 1.29 is 9.53 Å². The number of pyridine rings is 1. The number of amides is 1. The van der Waals surface area contributed by atoms with Crippen LogP contribution < -0.4 is 4.74 Å². The minimum atomic E-state index is 0.0247. The average molecular weight is 466 g/mol. The molecular formula is C28H27N5O2. The van der Waals surface area contributed by atoms with Crippen molar-refractivity contribution in [3.63, 3.8) is 0 Å². The molecule has 176 valence electrons. The van der Waals surface area contributed by atoms with Gasteiger partial charge < -0.3 is 14.0 Å². The molecule has 0 N–H and O–H groups in total. The fourth-order valence-electron chi connectivity index (χ4n) is 4.34. The predicted molar refractivity (Wildman–Crippen MR) is 133 cm³/mol. The van der Waals surface area contributed by atoms with E-state index < -0.39 is 0 Å². The minimum Gasteiger partial charge on any atom is -0.487 e. The average Bonchev–Trinajstić information content (AvgIpc) is 3.30. The first-order chi connectivity index (χ1) is 17.1. The molecule has 0 atom stereocenters. The van der Waals surface area contributed by atoms with Crippen molar-refractivity contribution in [1.82, 2.24) is 19.2 Å². The van der Waals surface area contributed by atoms with Crippen molar-refractivity contribution in [2.24, 2.45) is 0 Å². The summed E-state index contributed by atoms with van der Waals surface area (Å²) < 4.78 is 7.95. The molecule has 1 amide bonds. The molecule has 0 bridgehead atoms. The van der Waals surface area contributed by atoms with Crippen molar-refractivity contribution in [3.8, 4) is 11.8 Å². The summed E-state index contributed by atoms with van der Waals surface area (Å²) in [5.41, 5.74) is 5.37. The lowest BCUT2D eigenvalue weighted by molar-refractivity contribution is 0.0628. The number of piperazine rings is 1. The summed E-state index contributed by atoms with van der Waals surface area (Å²) >= 11 is 0. The molecule has 0 radical (unpaired) electrons. The number of rotatable bonds is 6. The van der Waals surface area contributed by atoms with E-state index in [0.717, 1.165) is 31.0 Å². The Labute approximate surface area is 204 Å². The van der Waals surface area contributed by atoms with Gasteiger partial charge in [-0.2, -0.15) is 5.26 Å². The molecule has 1 fully saturated rings. The van der Waals surface area contributed by atoms with Crippen LogP contribution in [0.3, 0.4) is 0 Å². The van der Waals surface area contributed by atoms with Gasteiger partial charge >= 0.3 is 0 Å². The zero-order chi connectivity index (χ0) is 24.2. The lowest BCUT2D eigenvalue weighted by Crippen LogP contribution is -2.48. The molecule has 0 spiro atoms. The fraction of sp³-hybridized carbons (Fsp3) is 0.250. The largest absolute Gasteiger partial charge is 0.487 e. The van der Waals surface area contributed by atoms with Crippen molar-refractivity contribution in [1.29, 1.82) is 5.26 Å². The van der Waals surface area contributed by atoms with Gasteiger partial charge in [-0.25, -0.2) is 4.98 Å². The first-order valence-electron chi connectivity index (χ1n) is 11.8. The van der Waals surface area contributed by atoms with E-state index in [1.807, 2.05) is 89.3 Å². The number of aromatic nitrogens is 2. The molecular weight excluding hydrogens is 438 g/mol. The van der Waals surface area contributed by atoms with Crippen molar-refractivity contribution >= 4 is 11.6 Å². The number of carbonyl (C=O) groups excluding carboxylic acids is 1. The van der Waals surface area contributed by atoms with Gasteiger partial charge in [0, 0.05) is 50.7 Å². The van der Waals surface area contributed by atoms with E-state index in [9.17, 15) is 4.79 Å². The molecule has 35 heavy (non-hydrogen) atoms. The highest BCUT2D eigenvalue weighted by Gasteiger charge is 2.22. The first kappa shape index (κ1) is 22.6. The summed E-state index contributed by atoms with van der Waals surface area (Å²) in [6.07, 6.45) is 4.00. The summed E-state index contributed by atoms with van der Waals surface area (Å²) in [6, 6.07) is 21.2. The Morgan fingerprint density at radius 3 is 2.60 bits per heavy atom. The lowest BCUT2D eigenvalue weighted by Gasteiger charge is -2.34. The number of aryl methyl sites for hydroxylation is 1. The zero-order valence-corrected chi connectivity index (χ0v) is 19.7. The summed E-state index contributed by atoms with van der Waals surface area (Å²) in [7, 11) is 0. The molecule has 0 saturated carbocycles. The normalized spacial score (nSPS) is 14.1. The van der Waals surface area contributed by atoms with E-state index >= 15 is 0 Å². The lowest BCUT2D eigenvalue weighted by atomic mass is 10.1. The maximum Gasteiger partial charge on any atom is 0.254 e. The molecule has 3 heterocycles. The predicted octanol–water partition coefficient (Wildman–Crippen LogP) is 4.05. The molecule has 2 aromatic carbocycles. The highest BCUT2D eigenvalue weighted by molar-refractivity contribution is 5.94. The van der Waals surface area contributed by atoms with Gasteiger partial charge in [-0.1, -0.05) is 24.3 Å². The number of ether oxygens (including phenoxy) is 1. The van der Waals surface area contributed by atoms with E-state index in [1.54, 1.807) is 0 Å². The van der Waals surface area contributed by atoms with Gasteiger partial charge in [0.2, 0.25) is 0 Å². The molecule has 2 aromatic heterocycles. The monoisotopic (exact) mass is 465 g/mol. The molecule has 4 aromatic rings. The van der Waals surface area contributed by atoms with Gasteiger partial charge in [0.15, 0.2) is 0 Å². The second-order valence-corrected chi connectivity index (χ2v) is 8.90. The quantitative estimate of drug-likeness (QED) is 0.430. The van der Waals surface area contributed by atoms with Crippen LogP contribution in [0.4, 0.5) is 0 Å². The van der Waals surface area contributed by atoms with Crippen LogP contribution in [0.1, 0.15) is 32.7 Å². The Morgan fingerprint density at radius 2 is 1.83 bits per heavy atom. The van der Waals surface area contributed by atoms with Crippen molar-refractivity contribution in [2.45, 2.75) is 20.1 Å². The van der Waals surface area contributed by atoms with Gasteiger partial charge in [0.05, 0.1) is 17.3 Å². The van der Waals surface area contributed by atoms with Crippen LogP contribution in [0.2, 0.25) is 0 Å². The second kappa shape index (κ2) is 10.00. The van der Waals surface area contributed by atoms with Gasteiger partial charge in [0.1, 0.15) is 18.0 Å². The minimum absolute atomic E-state index is 0.0247. The first-order valence-corrected chi connectivity index (χ1v) is 11.8. The number of benzene rings is 2. The Bertz CT molecular complexity index is 1380. The van der Waals surface area contributed by atoms with E-state index in [4.69, 9.17) is 10.00 Å². The van der Waals surface area contributed by atoms with Crippen LogP contribution in [-0.2, 0) is 13.2 Å². The Hall–Kier alpha value is -4.15. The number of nitriles is 1. The third-order valence-corrected chi connectivity index (χ3v) is 6.27. The zero-order valence-electron chi connectivity index (χ0n) is 19.7. The van der Waals surface area contributed by atoms with Gasteiger partial charge in [-0.05, 0) is 54.4 Å². The molecule has 1 aliphatic rings. The topological polar surface area (TPSA) is 73.9 Å². The third-order valence-electron chi connectivity index (χ3n) is 6.27. The van der Waals surface area contributed by atoms with Crippen molar-refractivity contribution in [2.75, 3.05) is 26.2 Å². The summed E-state index contributed by atoms with van der Waals surface area (Å²) in [6.45, 7) is 6.20. The molecule has 0 aliphatic carbocycles. The van der Waals surface area contributed by atoms with Crippen LogP contribution >= 0.6 is 0 Å². The van der Waals surface area contributed by atoms with Crippen LogP contribution in [0, 0.1) is 18.3 Å². The Balaban J connectivity index is 1.16. The number of fused-ring (bicyclic) bond motifs is 1. The van der Waals surface area contributed by atoms with Gasteiger partial charge in [0.25, 0.3) is 5.91 Å². The number of imidazole rings is 1. The molecule has 7 heteroatoms. The summed E-state index contributed by atoms with van der Waals surface area (Å²) in [4.78, 5) is 21.9. The van der Waals surface area contributed by atoms with Crippen LogP contribution in [0.15, 0.2) is 73.1 Å². The van der Waals surface area contributed by atoms with E-state index in [2.05, 4.69) is 16.0 Å². The Morgan fingerprint density at radius 1 is 1.03 bits per heavy atom. The summed E-state index contributed by atoms with van der Waals surface area (Å²) in [5.74, 6) is 0.681. The third kappa shape index (κ3) is 5.34. The van der Waals surface area contributed by atoms with E-state index in [1.165, 1.54) is 11.1 Å². The number of hydrogen-bond donors (Lipinski definition) is 0. The molecule has 1 aliphatic heterocycles.